The van der Waals surface area contributed by atoms with E-state index >= 15 is 0 Å². The molecule has 3 aliphatic rings. The maximum atomic E-state index is 14.1. The molecule has 248 valence electrons. The van der Waals surface area contributed by atoms with Crippen molar-refractivity contribution in [2.24, 2.45) is 17.8 Å². The molecule has 10 nitrogen and oxygen atoms in total. The van der Waals surface area contributed by atoms with Crippen LogP contribution in [0.3, 0.4) is 0 Å². The number of anilines is 1. The van der Waals surface area contributed by atoms with E-state index < -0.39 is 32.2 Å². The third-order valence-electron chi connectivity index (χ3n) is 9.57. The molecule has 4 atom stereocenters. The first kappa shape index (κ1) is 34.4. The number of aromatic hydroxyl groups is 1. The lowest BCUT2D eigenvalue weighted by atomic mass is 9.58. The number of hydrogen-bond donors (Lipinski definition) is 4. The van der Waals surface area contributed by atoms with Gasteiger partial charge in [0.05, 0.1) is 40.0 Å². The second kappa shape index (κ2) is 14.6. The molecule has 2 aromatic carbocycles. The molecule has 0 radical (unpaired) electrons. The van der Waals surface area contributed by atoms with E-state index in [2.05, 4.69) is 34.5 Å². The van der Waals surface area contributed by atoms with Gasteiger partial charge in [0.2, 0.25) is 11.8 Å². The van der Waals surface area contributed by atoms with E-state index in [1.54, 1.807) is 24.4 Å². The lowest BCUT2D eigenvalue weighted by Crippen LogP contribution is -2.46. The zero-order chi connectivity index (χ0) is 34.1. The maximum absolute atomic E-state index is 14.1. The number of halogens is 1. The summed E-state index contributed by atoms with van der Waals surface area (Å²) >= 11 is 2.07. The lowest BCUT2D eigenvalue weighted by molar-refractivity contribution is -0.122. The summed E-state index contributed by atoms with van der Waals surface area (Å²) < 4.78 is 12.3. The largest absolute Gasteiger partial charge is 0.504 e. The molecule has 2 aliphatic heterocycles. The SMILES string of the molecule is CCCC1=C2[C@@H](CC/C(=C/c3cc(I)c(O)c(OC)c3)c3ccccn3)OB(O)C[C@@H]2[C@@H]2C(=O)N(c3cccc(B(O)O)c3)C(=O)[C@@H]2C1. The number of amides is 2. The number of allylic oxidation sites excluding steroid dienone is 2. The first-order chi connectivity index (χ1) is 23.1. The Morgan fingerprint density at radius 1 is 1.15 bits per heavy atom. The zero-order valence-electron chi connectivity index (χ0n) is 26.8. The minimum absolute atomic E-state index is 0.0773. The van der Waals surface area contributed by atoms with Crippen molar-refractivity contribution in [2.75, 3.05) is 12.0 Å². The molecule has 0 spiro atoms. The molecule has 1 aromatic heterocycles. The lowest BCUT2D eigenvalue weighted by Gasteiger charge is -2.43. The predicted octanol–water partition coefficient (Wildman–Crippen LogP) is 4.20. The summed E-state index contributed by atoms with van der Waals surface area (Å²) in [4.78, 5) is 33.8. The first-order valence-corrected chi connectivity index (χ1v) is 17.3. The first-order valence-electron chi connectivity index (χ1n) is 16.2. The van der Waals surface area contributed by atoms with Crippen LogP contribution in [0.25, 0.3) is 11.6 Å². The van der Waals surface area contributed by atoms with Gasteiger partial charge in [-0.15, -0.1) is 0 Å². The Labute approximate surface area is 293 Å². The number of phenols is 1. The monoisotopic (exact) mass is 762 g/mol. The van der Waals surface area contributed by atoms with Crippen molar-refractivity contribution < 1.29 is 39.2 Å². The molecule has 1 aliphatic carbocycles. The Balaban J connectivity index is 1.33. The summed E-state index contributed by atoms with van der Waals surface area (Å²) in [5.41, 5.74) is 5.13. The van der Waals surface area contributed by atoms with E-state index in [0.29, 0.717) is 34.3 Å². The standard InChI is InChI=1S/C35H37B2IN2O8/c1-3-7-22-17-25-32(35(43)40(34(25)42)24-9-6-8-23(18-24)37(45)46)26-19-36(44)48-29(31(22)26)12-11-21(28-10-4-5-13-39-28)14-20-15-27(38)33(41)30(16-20)47-2/h4-6,8-10,13-16,18,25-26,29,32,41,44-46H,3,7,11-12,17,19H2,1-2H3/b21-14-/t25-,26+,29-,32-/m1/s1. The fraction of sp³-hybridized carbons (Fsp3) is 0.343. The summed E-state index contributed by atoms with van der Waals surface area (Å²) in [6.07, 6.45) is 6.53. The van der Waals surface area contributed by atoms with Crippen LogP contribution in [0.1, 0.15) is 50.3 Å². The Hall–Kier alpha value is -3.49. The van der Waals surface area contributed by atoms with Gasteiger partial charge in [-0.25, -0.2) is 0 Å². The molecule has 48 heavy (non-hydrogen) atoms. The summed E-state index contributed by atoms with van der Waals surface area (Å²) in [7, 11) is -1.34. The number of fused-ring (bicyclic) bond motifs is 3. The van der Waals surface area contributed by atoms with Gasteiger partial charge in [0.15, 0.2) is 11.5 Å². The highest BCUT2D eigenvalue weighted by Crippen LogP contribution is 2.52. The molecule has 0 unspecified atom stereocenters. The second-order valence-electron chi connectivity index (χ2n) is 12.5. The smallest absolute Gasteiger partial charge is 0.488 e. The molecule has 4 N–H and O–H groups in total. The molecule has 6 rings (SSSR count). The normalized spacial score (nSPS) is 22.6. The van der Waals surface area contributed by atoms with Crippen molar-refractivity contribution in [3.63, 3.8) is 0 Å². The molecule has 0 bridgehead atoms. The fourth-order valence-electron chi connectivity index (χ4n) is 7.53. The molecule has 2 fully saturated rings. The van der Waals surface area contributed by atoms with Crippen molar-refractivity contribution in [3.8, 4) is 11.5 Å². The Kier molecular flexibility index (Phi) is 10.4. The van der Waals surface area contributed by atoms with Crippen LogP contribution in [0, 0.1) is 21.3 Å². The number of ether oxygens (including phenoxy) is 1. The number of aromatic nitrogens is 1. The zero-order valence-corrected chi connectivity index (χ0v) is 28.9. The van der Waals surface area contributed by atoms with Gasteiger partial charge in [0, 0.05) is 6.20 Å². The number of pyridine rings is 1. The Bertz CT molecular complexity index is 1770. The van der Waals surface area contributed by atoms with Gasteiger partial charge < -0.3 is 29.6 Å². The van der Waals surface area contributed by atoms with E-state index in [9.17, 15) is 29.8 Å². The van der Waals surface area contributed by atoms with Crippen LogP contribution in [0.4, 0.5) is 5.69 Å². The average molecular weight is 762 g/mol. The van der Waals surface area contributed by atoms with Gasteiger partial charge in [0.1, 0.15) is 0 Å². The third-order valence-corrected chi connectivity index (χ3v) is 10.4. The molecule has 3 aromatic rings. The van der Waals surface area contributed by atoms with E-state index in [-0.39, 0.29) is 35.3 Å². The van der Waals surface area contributed by atoms with Crippen molar-refractivity contribution in [2.45, 2.75) is 51.5 Å². The molecular weight excluding hydrogens is 725 g/mol. The molecule has 2 amide bonds. The number of carbonyl (C=O) groups is 2. The number of methoxy groups -OCH3 is 1. The number of benzene rings is 2. The predicted molar refractivity (Wildman–Crippen MR) is 192 cm³/mol. The van der Waals surface area contributed by atoms with Crippen LogP contribution in [0.5, 0.6) is 11.5 Å². The second-order valence-corrected chi connectivity index (χ2v) is 13.7. The number of carbonyl (C=O) groups excluding carboxylic acids is 2. The van der Waals surface area contributed by atoms with E-state index in [1.807, 2.05) is 30.3 Å². The van der Waals surface area contributed by atoms with Crippen LogP contribution in [0.2, 0.25) is 6.32 Å². The van der Waals surface area contributed by atoms with Crippen LogP contribution >= 0.6 is 22.6 Å². The Morgan fingerprint density at radius 3 is 2.67 bits per heavy atom. The van der Waals surface area contributed by atoms with Crippen molar-refractivity contribution in [1.82, 2.24) is 4.98 Å². The van der Waals surface area contributed by atoms with Gasteiger partial charge >= 0.3 is 14.2 Å². The van der Waals surface area contributed by atoms with Crippen LogP contribution in [-0.2, 0) is 14.2 Å². The van der Waals surface area contributed by atoms with E-state index in [4.69, 9.17) is 9.39 Å². The molecule has 3 heterocycles. The quantitative estimate of drug-likeness (QED) is 0.103. The van der Waals surface area contributed by atoms with Crippen molar-refractivity contribution in [1.29, 1.82) is 0 Å². The molecule has 13 heteroatoms. The van der Waals surface area contributed by atoms with Crippen LogP contribution < -0.4 is 15.1 Å². The minimum atomic E-state index is -1.74. The van der Waals surface area contributed by atoms with Crippen molar-refractivity contribution in [3.05, 3.63) is 86.8 Å². The maximum Gasteiger partial charge on any atom is 0.488 e. The highest BCUT2D eigenvalue weighted by molar-refractivity contribution is 14.1. The van der Waals surface area contributed by atoms with Gasteiger partial charge in [-0.2, -0.15) is 0 Å². The molecule has 2 saturated heterocycles. The van der Waals surface area contributed by atoms with Gasteiger partial charge in [-0.1, -0.05) is 37.1 Å². The fourth-order valence-corrected chi connectivity index (χ4v) is 8.15. The number of hydrogen-bond acceptors (Lipinski definition) is 9. The van der Waals surface area contributed by atoms with E-state index in [0.717, 1.165) is 40.8 Å². The number of rotatable bonds is 10. The minimum Gasteiger partial charge on any atom is -0.504 e. The highest BCUT2D eigenvalue weighted by Gasteiger charge is 2.57. The third kappa shape index (κ3) is 6.71. The van der Waals surface area contributed by atoms with Crippen molar-refractivity contribution >= 4 is 71.4 Å². The summed E-state index contributed by atoms with van der Waals surface area (Å²) in [6.45, 7) is 2.08. The van der Waals surface area contributed by atoms with Gasteiger partial charge in [0.25, 0.3) is 0 Å². The average Bonchev–Trinajstić information content (AvgIpc) is 3.33. The van der Waals surface area contributed by atoms with Crippen LogP contribution in [-0.4, -0.2) is 64.4 Å². The van der Waals surface area contributed by atoms with Crippen LogP contribution in [0.15, 0.2) is 71.9 Å². The summed E-state index contributed by atoms with van der Waals surface area (Å²) in [6, 6.07) is 15.5. The number of phenolic OH excluding ortho intramolecular Hbond substituents is 1. The number of imide groups is 1. The van der Waals surface area contributed by atoms with Gasteiger partial charge in [-0.05, 0) is 125 Å². The van der Waals surface area contributed by atoms with Gasteiger partial charge in [-0.3, -0.25) is 19.5 Å². The number of nitrogens with zero attached hydrogens (tertiary/aromatic N) is 2. The molecular formula is C35H37B2IN2O8. The van der Waals surface area contributed by atoms with E-state index in [1.165, 1.54) is 24.1 Å². The summed E-state index contributed by atoms with van der Waals surface area (Å²) in [5, 5.41) is 40.9. The summed E-state index contributed by atoms with van der Waals surface area (Å²) in [5.74, 6) is -1.81. The molecule has 0 saturated carbocycles. The highest BCUT2D eigenvalue weighted by atomic mass is 127. The topological polar surface area (TPSA) is 150 Å². The Morgan fingerprint density at radius 2 is 1.96 bits per heavy atom.